The van der Waals surface area contributed by atoms with Gasteiger partial charge < -0.3 is 15.0 Å². The number of ether oxygens (including phenoxy) is 1. The van der Waals surface area contributed by atoms with Crippen LogP contribution in [0.3, 0.4) is 0 Å². The Bertz CT molecular complexity index is 633. The molecule has 1 aromatic carbocycles. The number of fused-ring (bicyclic) bond motifs is 1. The number of rotatable bonds is 3. The zero-order valence-electron chi connectivity index (χ0n) is 11.2. The van der Waals surface area contributed by atoms with Gasteiger partial charge in [0.15, 0.2) is 0 Å². The van der Waals surface area contributed by atoms with E-state index in [9.17, 15) is 0 Å². The second-order valence-corrected chi connectivity index (χ2v) is 5.98. The normalized spacial score (nSPS) is 21.6. The Morgan fingerprint density at radius 3 is 2.79 bits per heavy atom. The Morgan fingerprint density at radius 2 is 2.21 bits per heavy atom. The van der Waals surface area contributed by atoms with Gasteiger partial charge in [-0.25, -0.2) is 4.98 Å². The summed E-state index contributed by atoms with van der Waals surface area (Å²) in [6, 6.07) is 6.55. The maximum absolute atomic E-state index is 5.94. The molecule has 0 atom stereocenters. The van der Waals surface area contributed by atoms with Gasteiger partial charge in [-0.05, 0) is 30.5 Å². The second kappa shape index (κ2) is 3.81. The second-order valence-electron chi connectivity index (χ2n) is 5.98. The molecule has 1 aliphatic heterocycles. The van der Waals surface area contributed by atoms with E-state index < -0.39 is 0 Å². The molecule has 2 aliphatic rings. The molecule has 1 saturated carbocycles. The Morgan fingerprint density at radius 1 is 1.42 bits per heavy atom. The highest BCUT2D eigenvalue weighted by Crippen LogP contribution is 2.41. The molecule has 4 nitrogen and oxygen atoms in total. The molecule has 1 aliphatic carbocycles. The fraction of sp³-hybridized carbons (Fsp3) is 0.533. The summed E-state index contributed by atoms with van der Waals surface area (Å²) in [6.07, 6.45) is 2.56. The molecule has 2 heterocycles. The van der Waals surface area contributed by atoms with Crippen molar-refractivity contribution in [3.05, 3.63) is 29.6 Å². The average molecular weight is 257 g/mol. The first-order valence-corrected chi connectivity index (χ1v) is 6.98. The number of hydrogen-bond donors (Lipinski definition) is 1. The van der Waals surface area contributed by atoms with Gasteiger partial charge in [0.2, 0.25) is 0 Å². The minimum absolute atomic E-state index is 0.0260. The van der Waals surface area contributed by atoms with Crippen molar-refractivity contribution < 1.29 is 4.74 Å². The summed E-state index contributed by atoms with van der Waals surface area (Å²) in [5, 5.41) is 0. The third kappa shape index (κ3) is 1.56. The molecule has 2 N–H and O–H groups in total. The molecular weight excluding hydrogens is 238 g/mol. The summed E-state index contributed by atoms with van der Waals surface area (Å²) in [4.78, 5) is 4.77. The van der Waals surface area contributed by atoms with Crippen molar-refractivity contribution in [1.29, 1.82) is 0 Å². The molecule has 100 valence electrons. The van der Waals surface area contributed by atoms with Crippen LogP contribution in [-0.4, -0.2) is 29.3 Å². The first kappa shape index (κ1) is 11.4. The number of aromatic nitrogens is 2. The summed E-state index contributed by atoms with van der Waals surface area (Å²) >= 11 is 0. The topological polar surface area (TPSA) is 53.1 Å². The molecule has 0 unspecified atom stereocenters. The number of benzene rings is 1. The fourth-order valence-corrected chi connectivity index (χ4v) is 3.00. The van der Waals surface area contributed by atoms with Crippen LogP contribution in [0, 0.1) is 0 Å². The molecular formula is C15H19N3O. The third-order valence-corrected chi connectivity index (χ3v) is 4.62. The zero-order chi connectivity index (χ0) is 13.0. The molecule has 4 heteroatoms. The number of hydrogen-bond acceptors (Lipinski definition) is 3. The molecule has 0 radical (unpaired) electrons. The van der Waals surface area contributed by atoms with Crippen molar-refractivity contribution in [2.45, 2.75) is 24.2 Å². The minimum atomic E-state index is 0.0260. The van der Waals surface area contributed by atoms with Crippen LogP contribution in [0.1, 0.15) is 30.1 Å². The van der Waals surface area contributed by atoms with Crippen molar-refractivity contribution in [3.63, 3.8) is 0 Å². The summed E-state index contributed by atoms with van der Waals surface area (Å²) in [6.45, 7) is 2.12. The predicted octanol–water partition coefficient (Wildman–Crippen LogP) is 1.68. The van der Waals surface area contributed by atoms with Gasteiger partial charge in [0.05, 0.1) is 29.7 Å². The van der Waals surface area contributed by atoms with Gasteiger partial charge in [0.25, 0.3) is 0 Å². The van der Waals surface area contributed by atoms with E-state index in [2.05, 4.69) is 29.8 Å². The van der Waals surface area contributed by atoms with Crippen LogP contribution in [-0.2, 0) is 17.2 Å². The first-order valence-electron chi connectivity index (χ1n) is 6.98. The van der Waals surface area contributed by atoms with Gasteiger partial charge in [-0.1, -0.05) is 6.07 Å². The Balaban J connectivity index is 1.84. The summed E-state index contributed by atoms with van der Waals surface area (Å²) < 4.78 is 7.63. The highest BCUT2D eigenvalue weighted by atomic mass is 16.5. The summed E-state index contributed by atoms with van der Waals surface area (Å²) in [5.41, 5.74) is 9.58. The monoisotopic (exact) mass is 257 g/mol. The molecule has 1 aromatic heterocycles. The van der Waals surface area contributed by atoms with E-state index in [4.69, 9.17) is 15.5 Å². The quantitative estimate of drug-likeness (QED) is 0.910. The maximum atomic E-state index is 5.94. The first-order chi connectivity index (χ1) is 9.23. The molecule has 19 heavy (non-hydrogen) atoms. The maximum Gasteiger partial charge on any atom is 0.112 e. The van der Waals surface area contributed by atoms with Crippen LogP contribution in [0.4, 0.5) is 0 Å². The summed E-state index contributed by atoms with van der Waals surface area (Å²) in [5.74, 6) is 1.91. The van der Waals surface area contributed by atoms with Gasteiger partial charge in [-0.2, -0.15) is 0 Å². The highest BCUT2D eigenvalue weighted by molar-refractivity contribution is 5.77. The number of nitrogens with two attached hydrogens (primary N) is 1. The SMILES string of the molecule is Cn1c(C2CC2)nc2ccc(C3(CN)COC3)cc21. The van der Waals surface area contributed by atoms with Crippen molar-refractivity contribution in [3.8, 4) is 0 Å². The van der Waals surface area contributed by atoms with Crippen molar-refractivity contribution >= 4 is 11.0 Å². The van der Waals surface area contributed by atoms with E-state index in [0.29, 0.717) is 12.5 Å². The lowest BCUT2D eigenvalue weighted by atomic mass is 9.78. The fourth-order valence-electron chi connectivity index (χ4n) is 3.00. The molecule has 4 rings (SSSR count). The van der Waals surface area contributed by atoms with E-state index in [-0.39, 0.29) is 5.41 Å². The Hall–Kier alpha value is -1.39. The largest absolute Gasteiger partial charge is 0.379 e. The van der Waals surface area contributed by atoms with Crippen molar-refractivity contribution in [2.75, 3.05) is 19.8 Å². The van der Waals surface area contributed by atoms with Crippen LogP contribution in [0.5, 0.6) is 0 Å². The number of aryl methyl sites for hydroxylation is 1. The van der Waals surface area contributed by atoms with Crippen molar-refractivity contribution in [2.24, 2.45) is 12.8 Å². The van der Waals surface area contributed by atoms with Gasteiger partial charge in [0.1, 0.15) is 5.82 Å². The summed E-state index contributed by atoms with van der Waals surface area (Å²) in [7, 11) is 2.12. The molecule has 0 amide bonds. The molecule has 0 bridgehead atoms. The Labute approximate surface area is 112 Å². The minimum Gasteiger partial charge on any atom is -0.379 e. The molecule has 2 fully saturated rings. The lowest BCUT2D eigenvalue weighted by Crippen LogP contribution is -2.52. The van der Waals surface area contributed by atoms with Crippen LogP contribution < -0.4 is 5.73 Å². The number of nitrogens with zero attached hydrogens (tertiary/aromatic N) is 2. The molecule has 2 aromatic rings. The number of imidazole rings is 1. The smallest absolute Gasteiger partial charge is 0.112 e. The average Bonchev–Trinajstić information content (AvgIpc) is 3.15. The highest BCUT2D eigenvalue weighted by Gasteiger charge is 2.39. The predicted molar refractivity (Wildman–Crippen MR) is 74.2 cm³/mol. The molecule has 0 spiro atoms. The van der Waals surface area contributed by atoms with Gasteiger partial charge >= 0.3 is 0 Å². The van der Waals surface area contributed by atoms with Gasteiger partial charge in [0, 0.05) is 19.5 Å². The van der Waals surface area contributed by atoms with E-state index in [1.54, 1.807) is 0 Å². The zero-order valence-corrected chi connectivity index (χ0v) is 11.2. The molecule has 1 saturated heterocycles. The third-order valence-electron chi connectivity index (χ3n) is 4.62. The van der Waals surface area contributed by atoms with E-state index >= 15 is 0 Å². The lowest BCUT2D eigenvalue weighted by Gasteiger charge is -2.41. The van der Waals surface area contributed by atoms with E-state index in [0.717, 1.165) is 18.7 Å². The van der Waals surface area contributed by atoms with Crippen molar-refractivity contribution in [1.82, 2.24) is 9.55 Å². The van der Waals surface area contributed by atoms with Gasteiger partial charge in [-0.3, -0.25) is 0 Å². The van der Waals surface area contributed by atoms with Crippen LogP contribution in [0.15, 0.2) is 18.2 Å². The standard InChI is InChI=1S/C15H19N3O/c1-18-13-6-11(15(7-16)8-19-9-15)4-5-12(13)17-14(18)10-2-3-10/h4-6,10H,2-3,7-9,16H2,1H3. The van der Waals surface area contributed by atoms with Crippen LogP contribution in [0.2, 0.25) is 0 Å². The van der Waals surface area contributed by atoms with E-state index in [1.165, 1.54) is 29.7 Å². The van der Waals surface area contributed by atoms with Crippen LogP contribution >= 0.6 is 0 Å². The lowest BCUT2D eigenvalue weighted by molar-refractivity contribution is -0.0549. The van der Waals surface area contributed by atoms with Crippen LogP contribution in [0.25, 0.3) is 11.0 Å². The van der Waals surface area contributed by atoms with Gasteiger partial charge in [-0.15, -0.1) is 0 Å². The Kier molecular flexibility index (Phi) is 2.29. The van der Waals surface area contributed by atoms with E-state index in [1.807, 2.05) is 0 Å².